The highest BCUT2D eigenvalue weighted by Crippen LogP contribution is 2.21. The number of aryl methyl sites for hydroxylation is 1. The zero-order chi connectivity index (χ0) is 19.1. The molecule has 0 bridgehead atoms. The second-order valence-corrected chi connectivity index (χ2v) is 6.77. The van der Waals surface area contributed by atoms with Crippen LogP contribution in [-0.4, -0.2) is 31.6 Å². The quantitative estimate of drug-likeness (QED) is 0.784. The maximum atomic E-state index is 12.0. The van der Waals surface area contributed by atoms with Crippen LogP contribution in [0.1, 0.15) is 42.1 Å². The van der Waals surface area contributed by atoms with E-state index >= 15 is 0 Å². The normalized spacial score (nSPS) is 13.9. The van der Waals surface area contributed by atoms with Crippen molar-refractivity contribution in [3.05, 3.63) is 59.7 Å². The van der Waals surface area contributed by atoms with Gasteiger partial charge in [-0.3, -0.25) is 4.79 Å². The first-order chi connectivity index (χ1) is 13.2. The Morgan fingerprint density at radius 2 is 1.63 bits per heavy atom. The number of benzene rings is 2. The van der Waals surface area contributed by atoms with Gasteiger partial charge in [-0.05, 0) is 67.6 Å². The van der Waals surface area contributed by atoms with Gasteiger partial charge in [-0.2, -0.15) is 0 Å². The number of rotatable bonds is 6. The summed E-state index contributed by atoms with van der Waals surface area (Å²) in [5, 5.41) is 2.76. The molecule has 5 nitrogen and oxygen atoms in total. The van der Waals surface area contributed by atoms with E-state index in [1.807, 2.05) is 36.4 Å². The van der Waals surface area contributed by atoms with Crippen LogP contribution >= 0.6 is 0 Å². The summed E-state index contributed by atoms with van der Waals surface area (Å²) in [6.45, 7) is 3.92. The average Bonchev–Trinajstić information content (AvgIpc) is 2.73. The van der Waals surface area contributed by atoms with E-state index in [0.717, 1.165) is 25.1 Å². The second kappa shape index (κ2) is 9.21. The molecular weight excluding hydrogens is 340 g/mol. The van der Waals surface area contributed by atoms with Gasteiger partial charge < -0.3 is 15.0 Å². The van der Waals surface area contributed by atoms with E-state index in [0.29, 0.717) is 11.3 Å². The molecule has 5 heteroatoms. The number of hydrogen-bond acceptors (Lipinski definition) is 4. The fourth-order valence-corrected chi connectivity index (χ4v) is 3.20. The van der Waals surface area contributed by atoms with Crippen LogP contribution in [-0.2, 0) is 16.0 Å². The summed E-state index contributed by atoms with van der Waals surface area (Å²) in [6.07, 6.45) is 4.66. The van der Waals surface area contributed by atoms with Gasteiger partial charge in [-0.25, -0.2) is 4.79 Å². The van der Waals surface area contributed by atoms with Gasteiger partial charge in [0.2, 0.25) is 0 Å². The third kappa shape index (κ3) is 5.33. The molecule has 0 radical (unpaired) electrons. The van der Waals surface area contributed by atoms with Crippen LogP contribution in [0, 0.1) is 0 Å². The van der Waals surface area contributed by atoms with Gasteiger partial charge in [0.25, 0.3) is 5.91 Å². The molecule has 0 aliphatic carbocycles. The predicted octanol–water partition coefficient (Wildman–Crippen LogP) is 4.03. The molecule has 1 aliphatic rings. The van der Waals surface area contributed by atoms with Crippen molar-refractivity contribution in [2.75, 3.05) is 29.9 Å². The van der Waals surface area contributed by atoms with E-state index in [4.69, 9.17) is 4.74 Å². The van der Waals surface area contributed by atoms with Crippen molar-refractivity contribution in [2.24, 2.45) is 0 Å². The Hall–Kier alpha value is -2.82. The molecule has 0 saturated carbocycles. The Morgan fingerprint density at radius 3 is 2.26 bits per heavy atom. The van der Waals surface area contributed by atoms with Crippen molar-refractivity contribution in [3.8, 4) is 0 Å². The fourth-order valence-electron chi connectivity index (χ4n) is 3.20. The van der Waals surface area contributed by atoms with Gasteiger partial charge in [0.15, 0.2) is 6.61 Å². The Morgan fingerprint density at radius 1 is 0.963 bits per heavy atom. The molecular formula is C22H26N2O3. The summed E-state index contributed by atoms with van der Waals surface area (Å²) >= 11 is 0. The molecule has 1 aliphatic heterocycles. The number of anilines is 2. The fraction of sp³-hybridized carbons (Fsp3) is 0.364. The summed E-state index contributed by atoms with van der Waals surface area (Å²) in [4.78, 5) is 26.4. The zero-order valence-corrected chi connectivity index (χ0v) is 15.7. The lowest BCUT2D eigenvalue weighted by Crippen LogP contribution is -2.29. The van der Waals surface area contributed by atoms with Crippen LogP contribution < -0.4 is 10.2 Å². The SMILES string of the molecule is CCc1ccc(C(=O)OCC(=O)Nc2ccc(N3CCCCC3)cc2)cc1. The van der Waals surface area contributed by atoms with Crippen molar-refractivity contribution < 1.29 is 14.3 Å². The molecule has 1 N–H and O–H groups in total. The molecule has 0 spiro atoms. The summed E-state index contributed by atoms with van der Waals surface area (Å²) in [5.74, 6) is -0.840. The van der Waals surface area contributed by atoms with Gasteiger partial charge in [0.1, 0.15) is 0 Å². The van der Waals surface area contributed by atoms with Crippen LogP contribution in [0.25, 0.3) is 0 Å². The lowest BCUT2D eigenvalue weighted by molar-refractivity contribution is -0.119. The topological polar surface area (TPSA) is 58.6 Å². The van der Waals surface area contributed by atoms with Crippen molar-refractivity contribution in [2.45, 2.75) is 32.6 Å². The first-order valence-corrected chi connectivity index (χ1v) is 9.56. The monoisotopic (exact) mass is 366 g/mol. The van der Waals surface area contributed by atoms with Crippen LogP contribution in [0.3, 0.4) is 0 Å². The number of carbonyl (C=O) groups is 2. The molecule has 3 rings (SSSR count). The number of amides is 1. The van der Waals surface area contributed by atoms with E-state index in [1.165, 1.54) is 24.9 Å². The lowest BCUT2D eigenvalue weighted by atomic mass is 10.1. The van der Waals surface area contributed by atoms with Gasteiger partial charge in [-0.1, -0.05) is 19.1 Å². The summed E-state index contributed by atoms with van der Waals surface area (Å²) < 4.78 is 5.10. The number of piperidine rings is 1. The standard InChI is InChI=1S/C22H26N2O3/c1-2-17-6-8-18(9-7-17)22(26)27-16-21(25)23-19-10-12-20(13-11-19)24-14-4-3-5-15-24/h6-13H,2-5,14-16H2,1H3,(H,23,25). The van der Waals surface area contributed by atoms with Crippen molar-refractivity contribution in [3.63, 3.8) is 0 Å². The minimum absolute atomic E-state index is 0.303. The number of esters is 1. The van der Waals surface area contributed by atoms with Crippen molar-refractivity contribution in [1.82, 2.24) is 0 Å². The van der Waals surface area contributed by atoms with Crippen LogP contribution in [0.5, 0.6) is 0 Å². The highest BCUT2D eigenvalue weighted by molar-refractivity contribution is 5.95. The molecule has 1 saturated heterocycles. The number of ether oxygens (including phenoxy) is 1. The summed E-state index contributed by atoms with van der Waals surface area (Å²) in [6, 6.07) is 15.0. The minimum Gasteiger partial charge on any atom is -0.452 e. The Kier molecular flexibility index (Phi) is 6.47. The van der Waals surface area contributed by atoms with Crippen molar-refractivity contribution in [1.29, 1.82) is 0 Å². The highest BCUT2D eigenvalue weighted by Gasteiger charge is 2.12. The maximum absolute atomic E-state index is 12.0. The average molecular weight is 366 g/mol. The molecule has 1 amide bonds. The van der Waals surface area contributed by atoms with Crippen LogP contribution in [0.2, 0.25) is 0 Å². The Balaban J connectivity index is 1.47. The number of hydrogen-bond donors (Lipinski definition) is 1. The van der Waals surface area contributed by atoms with Crippen LogP contribution in [0.4, 0.5) is 11.4 Å². The second-order valence-electron chi connectivity index (χ2n) is 6.77. The molecule has 0 atom stereocenters. The largest absolute Gasteiger partial charge is 0.452 e. The number of carbonyl (C=O) groups excluding carboxylic acids is 2. The highest BCUT2D eigenvalue weighted by atomic mass is 16.5. The molecule has 1 heterocycles. The van der Waals surface area contributed by atoms with E-state index < -0.39 is 5.97 Å². The molecule has 2 aromatic rings. The van der Waals surface area contributed by atoms with Gasteiger partial charge >= 0.3 is 5.97 Å². The smallest absolute Gasteiger partial charge is 0.338 e. The molecule has 2 aromatic carbocycles. The summed E-state index contributed by atoms with van der Waals surface area (Å²) in [7, 11) is 0. The van der Waals surface area contributed by atoms with Gasteiger partial charge in [-0.15, -0.1) is 0 Å². The third-order valence-corrected chi connectivity index (χ3v) is 4.80. The van der Waals surface area contributed by atoms with Gasteiger partial charge in [0, 0.05) is 24.5 Å². The number of nitrogens with zero attached hydrogens (tertiary/aromatic N) is 1. The first kappa shape index (κ1) is 19.0. The molecule has 0 aromatic heterocycles. The minimum atomic E-state index is -0.492. The van der Waals surface area contributed by atoms with E-state index in [-0.39, 0.29) is 12.5 Å². The maximum Gasteiger partial charge on any atom is 0.338 e. The third-order valence-electron chi connectivity index (χ3n) is 4.80. The molecule has 142 valence electrons. The molecule has 0 unspecified atom stereocenters. The van der Waals surface area contributed by atoms with Crippen molar-refractivity contribution >= 4 is 23.3 Å². The molecule has 27 heavy (non-hydrogen) atoms. The number of nitrogens with one attached hydrogen (secondary N) is 1. The molecule has 1 fully saturated rings. The lowest BCUT2D eigenvalue weighted by Gasteiger charge is -2.28. The van der Waals surface area contributed by atoms with Gasteiger partial charge in [0.05, 0.1) is 5.56 Å². The Labute approximate surface area is 160 Å². The van der Waals surface area contributed by atoms with E-state index in [1.54, 1.807) is 12.1 Å². The first-order valence-electron chi connectivity index (χ1n) is 9.56. The summed E-state index contributed by atoms with van der Waals surface area (Å²) in [5.41, 5.74) is 3.47. The Bertz CT molecular complexity index is 763. The van der Waals surface area contributed by atoms with Crippen LogP contribution in [0.15, 0.2) is 48.5 Å². The van der Waals surface area contributed by atoms with E-state index in [2.05, 4.69) is 17.1 Å². The predicted molar refractivity (Wildman–Crippen MR) is 107 cm³/mol. The van der Waals surface area contributed by atoms with E-state index in [9.17, 15) is 9.59 Å². The zero-order valence-electron chi connectivity index (χ0n) is 15.7.